The Morgan fingerprint density at radius 2 is 1.40 bits per heavy atom. The molecular weight excluding hydrogens is 408 g/mol. The Labute approximate surface area is 188 Å². The van der Waals surface area contributed by atoms with Crippen LogP contribution in [-0.4, -0.2) is 58.6 Å². The maximum Gasteiger partial charge on any atom is 0.320 e. The van der Waals surface area contributed by atoms with E-state index in [0.29, 0.717) is 25.8 Å². The van der Waals surface area contributed by atoms with Gasteiger partial charge in [-0.05, 0) is 19.3 Å². The van der Waals surface area contributed by atoms with E-state index in [1.54, 1.807) is 0 Å². The van der Waals surface area contributed by atoms with Crippen LogP contribution in [0.15, 0.2) is 4.99 Å². The molecule has 9 heteroatoms. The monoisotopic (exact) mass is 452 g/mol. The maximum atomic E-state index is 11.3. The molecule has 30 heavy (non-hydrogen) atoms. The molecule has 0 saturated carbocycles. The Bertz CT molecular complexity index is 437. The van der Waals surface area contributed by atoms with Gasteiger partial charge in [-0.15, -0.1) is 12.4 Å². The van der Waals surface area contributed by atoms with Gasteiger partial charge in [0, 0.05) is 13.1 Å². The van der Waals surface area contributed by atoms with Crippen molar-refractivity contribution in [2.24, 2.45) is 16.5 Å². The van der Waals surface area contributed by atoms with Gasteiger partial charge in [-0.2, -0.15) is 0 Å². The first-order valence-corrected chi connectivity index (χ1v) is 11.3. The van der Waals surface area contributed by atoms with Crippen LogP contribution in [0.3, 0.4) is 0 Å². The molecule has 8 N–H and O–H groups in total. The molecular formula is C21H45ClN4O4. The van der Waals surface area contributed by atoms with E-state index in [2.05, 4.69) is 17.2 Å². The molecule has 180 valence electrons. The van der Waals surface area contributed by atoms with Crippen molar-refractivity contribution in [2.45, 2.75) is 109 Å². The second-order valence-corrected chi connectivity index (χ2v) is 7.85. The van der Waals surface area contributed by atoms with E-state index in [4.69, 9.17) is 11.5 Å². The molecule has 0 radical (unpaired) electrons. The van der Waals surface area contributed by atoms with Crippen LogP contribution in [0.1, 0.15) is 90.4 Å². The number of carboxylic acids is 1. The summed E-state index contributed by atoms with van der Waals surface area (Å²) in [4.78, 5) is 15.1. The van der Waals surface area contributed by atoms with Crippen LogP contribution in [0.2, 0.25) is 0 Å². The van der Waals surface area contributed by atoms with Gasteiger partial charge in [-0.25, -0.2) is 0 Å². The number of hydrogen-bond donors (Lipinski definition) is 6. The Hall–Kier alpha value is -1.09. The standard InChI is InChI=1S/C21H44N4O4.ClH/c1-2-3-4-5-6-7-8-9-10-11-14-18(26)19(27)16-25-17(20(28)29)13-12-15-24-21(22)23;/h17-19,25-27H,2-16H2,1H3,(H,28,29)(H4,22,23,24);1H/t17-,18?,19?;/m0./s1. The van der Waals surface area contributed by atoms with Crippen molar-refractivity contribution in [3.05, 3.63) is 0 Å². The topological polar surface area (TPSA) is 154 Å². The van der Waals surface area contributed by atoms with Crippen molar-refractivity contribution in [1.29, 1.82) is 0 Å². The van der Waals surface area contributed by atoms with Crippen LogP contribution in [0.5, 0.6) is 0 Å². The fraction of sp³-hybridized carbons (Fsp3) is 0.905. The molecule has 0 amide bonds. The summed E-state index contributed by atoms with van der Waals surface area (Å²) in [6, 6.07) is -0.802. The van der Waals surface area contributed by atoms with Crippen LogP contribution in [0.25, 0.3) is 0 Å². The summed E-state index contributed by atoms with van der Waals surface area (Å²) >= 11 is 0. The van der Waals surface area contributed by atoms with Crippen molar-refractivity contribution in [1.82, 2.24) is 5.32 Å². The number of carbonyl (C=O) groups is 1. The lowest BCUT2D eigenvalue weighted by molar-refractivity contribution is -0.139. The van der Waals surface area contributed by atoms with Crippen LogP contribution in [-0.2, 0) is 4.79 Å². The van der Waals surface area contributed by atoms with E-state index < -0.39 is 24.2 Å². The van der Waals surface area contributed by atoms with Gasteiger partial charge in [0.25, 0.3) is 0 Å². The summed E-state index contributed by atoms with van der Waals surface area (Å²) in [5.41, 5.74) is 10.5. The van der Waals surface area contributed by atoms with Crippen molar-refractivity contribution < 1.29 is 20.1 Å². The van der Waals surface area contributed by atoms with Crippen molar-refractivity contribution in [2.75, 3.05) is 13.1 Å². The second-order valence-electron chi connectivity index (χ2n) is 7.85. The average Bonchev–Trinajstić information content (AvgIpc) is 2.67. The zero-order valence-corrected chi connectivity index (χ0v) is 19.4. The number of nitrogens with one attached hydrogen (secondary N) is 1. The van der Waals surface area contributed by atoms with Gasteiger partial charge in [-0.3, -0.25) is 9.79 Å². The summed E-state index contributed by atoms with van der Waals surface area (Å²) in [6.45, 7) is 2.62. The number of carboxylic acid groups (broad SMARTS) is 1. The predicted octanol–water partition coefficient (Wildman–Crippen LogP) is 2.54. The lowest BCUT2D eigenvalue weighted by Gasteiger charge is -2.21. The Morgan fingerprint density at radius 3 is 1.90 bits per heavy atom. The van der Waals surface area contributed by atoms with Gasteiger partial charge in [-0.1, -0.05) is 71.1 Å². The van der Waals surface area contributed by atoms with E-state index in [9.17, 15) is 20.1 Å². The Kier molecular flexibility index (Phi) is 21.9. The molecule has 0 aliphatic heterocycles. The summed E-state index contributed by atoms with van der Waals surface area (Å²) in [7, 11) is 0. The number of aliphatic imine (C=N–C) groups is 1. The number of aliphatic carboxylic acids is 1. The van der Waals surface area contributed by atoms with Gasteiger partial charge in [0.05, 0.1) is 12.2 Å². The molecule has 3 atom stereocenters. The van der Waals surface area contributed by atoms with Crippen molar-refractivity contribution >= 4 is 24.3 Å². The molecule has 0 bridgehead atoms. The molecule has 0 aliphatic rings. The van der Waals surface area contributed by atoms with Gasteiger partial charge in [0.15, 0.2) is 5.96 Å². The molecule has 0 aromatic rings. The first kappa shape index (κ1) is 31.1. The van der Waals surface area contributed by atoms with E-state index >= 15 is 0 Å². The molecule has 8 nitrogen and oxygen atoms in total. The lowest BCUT2D eigenvalue weighted by atomic mass is 10.0. The summed E-state index contributed by atoms with van der Waals surface area (Å²) in [6.07, 6.45) is 11.7. The van der Waals surface area contributed by atoms with Crippen LogP contribution < -0.4 is 16.8 Å². The number of rotatable bonds is 20. The SMILES string of the molecule is CCCCCCCCCCCCC(O)C(O)CN[C@@H](CCCN=C(N)N)C(=O)O.Cl. The van der Waals surface area contributed by atoms with E-state index in [0.717, 1.165) is 19.3 Å². The first-order valence-electron chi connectivity index (χ1n) is 11.3. The predicted molar refractivity (Wildman–Crippen MR) is 125 cm³/mol. The fourth-order valence-electron chi connectivity index (χ4n) is 3.25. The number of nitrogens with zero attached hydrogens (tertiary/aromatic N) is 1. The zero-order valence-electron chi connectivity index (χ0n) is 18.6. The van der Waals surface area contributed by atoms with Crippen LogP contribution >= 0.6 is 12.4 Å². The van der Waals surface area contributed by atoms with Gasteiger partial charge in [0.1, 0.15) is 6.04 Å². The number of halogens is 1. The normalized spacial score (nSPS) is 13.8. The van der Waals surface area contributed by atoms with E-state index in [1.807, 2.05) is 0 Å². The molecule has 0 fully saturated rings. The van der Waals surface area contributed by atoms with Gasteiger partial charge in [0.2, 0.25) is 0 Å². The highest BCUT2D eigenvalue weighted by Gasteiger charge is 2.21. The molecule has 0 saturated heterocycles. The third-order valence-electron chi connectivity index (χ3n) is 5.11. The molecule has 2 unspecified atom stereocenters. The highest BCUT2D eigenvalue weighted by molar-refractivity contribution is 5.85. The molecule has 0 rings (SSSR count). The van der Waals surface area contributed by atoms with Gasteiger partial charge >= 0.3 is 5.97 Å². The Morgan fingerprint density at radius 1 is 0.867 bits per heavy atom. The minimum Gasteiger partial charge on any atom is -0.480 e. The molecule has 0 aliphatic carbocycles. The minimum atomic E-state index is -0.994. The highest BCUT2D eigenvalue weighted by Crippen LogP contribution is 2.13. The average molecular weight is 453 g/mol. The third kappa shape index (κ3) is 18.9. The maximum absolute atomic E-state index is 11.3. The van der Waals surface area contributed by atoms with Gasteiger partial charge < -0.3 is 32.1 Å². The third-order valence-corrected chi connectivity index (χ3v) is 5.11. The summed E-state index contributed by atoms with van der Waals surface area (Å²) in [5, 5.41) is 32.2. The Balaban J connectivity index is 0. The minimum absolute atomic E-state index is 0. The summed E-state index contributed by atoms with van der Waals surface area (Å²) in [5.74, 6) is -1.01. The quantitative estimate of drug-likeness (QED) is 0.0941. The van der Waals surface area contributed by atoms with E-state index in [1.165, 1.54) is 44.9 Å². The zero-order chi connectivity index (χ0) is 21.9. The van der Waals surface area contributed by atoms with E-state index in [-0.39, 0.29) is 24.9 Å². The molecule has 0 aromatic heterocycles. The number of hydrogen-bond acceptors (Lipinski definition) is 5. The van der Waals surface area contributed by atoms with Crippen molar-refractivity contribution in [3.63, 3.8) is 0 Å². The smallest absolute Gasteiger partial charge is 0.320 e. The number of nitrogens with two attached hydrogens (primary N) is 2. The number of aliphatic hydroxyl groups is 2. The van der Waals surface area contributed by atoms with Crippen LogP contribution in [0, 0.1) is 0 Å². The molecule has 0 spiro atoms. The first-order chi connectivity index (χ1) is 13.9. The number of unbranched alkanes of at least 4 members (excludes halogenated alkanes) is 9. The van der Waals surface area contributed by atoms with Crippen molar-refractivity contribution in [3.8, 4) is 0 Å². The second kappa shape index (κ2) is 21.2. The fourth-order valence-corrected chi connectivity index (χ4v) is 3.25. The molecule has 0 aromatic carbocycles. The highest BCUT2D eigenvalue weighted by atomic mass is 35.5. The largest absolute Gasteiger partial charge is 0.480 e. The van der Waals surface area contributed by atoms with Crippen LogP contribution in [0.4, 0.5) is 0 Å². The number of aliphatic hydroxyl groups excluding tert-OH is 2. The molecule has 0 heterocycles. The summed E-state index contributed by atoms with van der Waals surface area (Å²) < 4.78 is 0. The lowest BCUT2D eigenvalue weighted by Crippen LogP contribution is -2.44. The number of guanidine groups is 1.